The Labute approximate surface area is 126 Å². The summed E-state index contributed by atoms with van der Waals surface area (Å²) in [4.78, 5) is 11.3. The van der Waals surface area contributed by atoms with Crippen LogP contribution >= 0.6 is 11.6 Å². The zero-order chi connectivity index (χ0) is 14.8. The Bertz CT molecular complexity index is 797. The topological polar surface area (TPSA) is 55.1 Å². The number of nitrogens with zero attached hydrogens (tertiary/aromatic N) is 2. The predicted octanol–water partition coefficient (Wildman–Crippen LogP) is 3.89. The number of para-hydroxylation sites is 1. The van der Waals surface area contributed by atoms with Crippen LogP contribution in [0.15, 0.2) is 60.9 Å². The monoisotopic (exact) mass is 298 g/mol. The Morgan fingerprint density at radius 1 is 1.05 bits per heavy atom. The summed E-state index contributed by atoms with van der Waals surface area (Å²) in [5, 5.41) is 13.9. The minimum absolute atomic E-state index is 0.116. The summed E-state index contributed by atoms with van der Waals surface area (Å²) >= 11 is 6.14. The number of aromatic nitrogens is 2. The summed E-state index contributed by atoms with van der Waals surface area (Å²) in [6.07, 6.45) is 3.45. The van der Waals surface area contributed by atoms with Gasteiger partial charge in [-0.3, -0.25) is 0 Å². The summed E-state index contributed by atoms with van der Waals surface area (Å²) in [7, 11) is 0. The van der Waals surface area contributed by atoms with Crippen molar-refractivity contribution in [3.05, 3.63) is 71.5 Å². The first-order valence-corrected chi connectivity index (χ1v) is 6.67. The first-order valence-electron chi connectivity index (χ1n) is 6.29. The summed E-state index contributed by atoms with van der Waals surface area (Å²) in [6, 6.07) is 14.5. The number of halogens is 1. The second-order valence-corrected chi connectivity index (χ2v) is 4.89. The number of hydrogen-bond donors (Lipinski definition) is 1. The standard InChI is InChI=1S/C16H11ClN2O2/c17-14-8-4-7-13(16(20)21)15(14)19-10-12(9-18-19)11-5-2-1-3-6-11/h1-10H,(H,20,21). The van der Waals surface area contributed by atoms with Crippen molar-refractivity contribution < 1.29 is 9.90 Å². The molecule has 104 valence electrons. The number of carboxylic acids is 1. The maximum absolute atomic E-state index is 11.3. The highest BCUT2D eigenvalue weighted by atomic mass is 35.5. The molecule has 1 heterocycles. The molecule has 1 aromatic heterocycles. The largest absolute Gasteiger partial charge is 0.478 e. The van der Waals surface area contributed by atoms with Crippen molar-refractivity contribution in [3.63, 3.8) is 0 Å². The molecule has 21 heavy (non-hydrogen) atoms. The highest BCUT2D eigenvalue weighted by Crippen LogP contribution is 2.26. The fourth-order valence-corrected chi connectivity index (χ4v) is 2.41. The van der Waals surface area contributed by atoms with Gasteiger partial charge in [0.2, 0.25) is 0 Å². The van der Waals surface area contributed by atoms with Crippen molar-refractivity contribution in [2.24, 2.45) is 0 Å². The van der Waals surface area contributed by atoms with Gasteiger partial charge in [0.1, 0.15) is 0 Å². The molecule has 0 unspecified atom stereocenters. The van der Waals surface area contributed by atoms with Crippen LogP contribution in [0.4, 0.5) is 0 Å². The lowest BCUT2D eigenvalue weighted by atomic mass is 10.1. The zero-order valence-electron chi connectivity index (χ0n) is 10.9. The predicted molar refractivity (Wildman–Crippen MR) is 81.0 cm³/mol. The quantitative estimate of drug-likeness (QED) is 0.798. The molecule has 3 rings (SSSR count). The van der Waals surface area contributed by atoms with Crippen molar-refractivity contribution in [3.8, 4) is 16.8 Å². The maximum Gasteiger partial charge on any atom is 0.337 e. The Morgan fingerprint density at radius 3 is 2.52 bits per heavy atom. The minimum Gasteiger partial charge on any atom is -0.478 e. The molecule has 0 saturated heterocycles. The van der Waals surface area contributed by atoms with Crippen molar-refractivity contribution >= 4 is 17.6 Å². The van der Waals surface area contributed by atoms with Crippen LogP contribution in [0.5, 0.6) is 0 Å². The van der Waals surface area contributed by atoms with E-state index in [2.05, 4.69) is 5.10 Å². The lowest BCUT2D eigenvalue weighted by Gasteiger charge is -2.07. The van der Waals surface area contributed by atoms with E-state index in [4.69, 9.17) is 11.6 Å². The van der Waals surface area contributed by atoms with Gasteiger partial charge in [0.25, 0.3) is 0 Å². The highest BCUT2D eigenvalue weighted by Gasteiger charge is 2.16. The van der Waals surface area contributed by atoms with Gasteiger partial charge in [-0.1, -0.05) is 48.0 Å². The van der Waals surface area contributed by atoms with Gasteiger partial charge >= 0.3 is 5.97 Å². The molecular weight excluding hydrogens is 288 g/mol. The van der Waals surface area contributed by atoms with Crippen LogP contribution in [0, 0.1) is 0 Å². The van der Waals surface area contributed by atoms with E-state index in [1.807, 2.05) is 30.3 Å². The number of benzene rings is 2. The third-order valence-corrected chi connectivity index (χ3v) is 3.44. The summed E-state index contributed by atoms with van der Waals surface area (Å²) in [5.41, 5.74) is 2.39. The molecule has 0 spiro atoms. The van der Waals surface area contributed by atoms with E-state index in [0.29, 0.717) is 10.7 Å². The zero-order valence-corrected chi connectivity index (χ0v) is 11.7. The van der Waals surface area contributed by atoms with E-state index < -0.39 is 5.97 Å². The molecule has 0 radical (unpaired) electrons. The lowest BCUT2D eigenvalue weighted by Crippen LogP contribution is -2.06. The fourth-order valence-electron chi connectivity index (χ4n) is 2.15. The molecule has 3 aromatic rings. The summed E-state index contributed by atoms with van der Waals surface area (Å²) < 4.78 is 1.49. The Balaban J connectivity index is 2.11. The van der Waals surface area contributed by atoms with Crippen molar-refractivity contribution in [1.29, 1.82) is 0 Å². The molecule has 4 nitrogen and oxygen atoms in total. The van der Waals surface area contributed by atoms with Gasteiger partial charge in [0, 0.05) is 11.8 Å². The maximum atomic E-state index is 11.3. The number of carbonyl (C=O) groups is 1. The van der Waals surface area contributed by atoms with Gasteiger partial charge in [0.15, 0.2) is 0 Å². The number of aromatic carboxylic acids is 1. The minimum atomic E-state index is -1.04. The molecule has 0 saturated carbocycles. The van der Waals surface area contributed by atoms with E-state index >= 15 is 0 Å². The molecule has 0 fully saturated rings. The molecule has 1 N–H and O–H groups in total. The van der Waals surface area contributed by atoms with E-state index in [-0.39, 0.29) is 5.56 Å². The molecule has 0 aliphatic heterocycles. The van der Waals surface area contributed by atoms with Gasteiger partial charge in [-0.2, -0.15) is 5.10 Å². The second kappa shape index (κ2) is 5.42. The summed E-state index contributed by atoms with van der Waals surface area (Å²) in [5.74, 6) is -1.04. The first kappa shape index (κ1) is 13.4. The molecular formula is C16H11ClN2O2. The van der Waals surface area contributed by atoms with Crippen LogP contribution in [0.1, 0.15) is 10.4 Å². The molecule has 2 aromatic carbocycles. The molecule has 0 amide bonds. The van der Waals surface area contributed by atoms with Gasteiger partial charge in [-0.25, -0.2) is 9.48 Å². The SMILES string of the molecule is O=C(O)c1cccc(Cl)c1-n1cc(-c2ccccc2)cn1. The van der Waals surface area contributed by atoms with Crippen LogP contribution in [0.2, 0.25) is 5.02 Å². The van der Waals surface area contributed by atoms with Crippen molar-refractivity contribution in [2.45, 2.75) is 0 Å². The van der Waals surface area contributed by atoms with E-state index in [1.54, 1.807) is 24.5 Å². The molecule has 0 aliphatic carbocycles. The lowest BCUT2D eigenvalue weighted by molar-refractivity contribution is 0.0696. The normalized spacial score (nSPS) is 10.5. The van der Waals surface area contributed by atoms with E-state index in [0.717, 1.165) is 11.1 Å². The van der Waals surface area contributed by atoms with Gasteiger partial charge < -0.3 is 5.11 Å². The fraction of sp³-hybridized carbons (Fsp3) is 0. The summed E-state index contributed by atoms with van der Waals surface area (Å²) in [6.45, 7) is 0. The molecule has 0 bridgehead atoms. The van der Waals surface area contributed by atoms with Crippen LogP contribution in [-0.2, 0) is 0 Å². The Morgan fingerprint density at radius 2 is 1.81 bits per heavy atom. The molecule has 0 atom stereocenters. The van der Waals surface area contributed by atoms with E-state index in [1.165, 1.54) is 10.7 Å². The average Bonchev–Trinajstić information content (AvgIpc) is 2.97. The van der Waals surface area contributed by atoms with Crippen LogP contribution in [-0.4, -0.2) is 20.9 Å². The number of hydrogen-bond acceptors (Lipinski definition) is 2. The van der Waals surface area contributed by atoms with Crippen LogP contribution in [0.25, 0.3) is 16.8 Å². The van der Waals surface area contributed by atoms with Gasteiger partial charge in [-0.15, -0.1) is 0 Å². The van der Waals surface area contributed by atoms with Crippen LogP contribution < -0.4 is 0 Å². The Kier molecular flexibility index (Phi) is 3.46. The van der Waals surface area contributed by atoms with Crippen molar-refractivity contribution in [1.82, 2.24) is 9.78 Å². The number of rotatable bonds is 3. The van der Waals surface area contributed by atoms with Crippen LogP contribution in [0.3, 0.4) is 0 Å². The van der Waals surface area contributed by atoms with Gasteiger partial charge in [0.05, 0.1) is 22.5 Å². The van der Waals surface area contributed by atoms with Gasteiger partial charge in [-0.05, 0) is 17.7 Å². The first-order chi connectivity index (χ1) is 10.2. The van der Waals surface area contributed by atoms with E-state index in [9.17, 15) is 9.90 Å². The van der Waals surface area contributed by atoms with Crippen molar-refractivity contribution in [2.75, 3.05) is 0 Å². The smallest absolute Gasteiger partial charge is 0.337 e. The second-order valence-electron chi connectivity index (χ2n) is 4.48. The number of carboxylic acid groups (broad SMARTS) is 1. The Hall–Kier alpha value is -2.59. The molecule has 0 aliphatic rings. The third kappa shape index (κ3) is 2.53. The average molecular weight is 299 g/mol. The molecule has 5 heteroatoms. The highest BCUT2D eigenvalue weighted by molar-refractivity contribution is 6.33. The third-order valence-electron chi connectivity index (χ3n) is 3.14.